The summed E-state index contributed by atoms with van der Waals surface area (Å²) in [6, 6.07) is 16.3. The number of aromatic amines is 1. The molecule has 0 radical (unpaired) electrons. The summed E-state index contributed by atoms with van der Waals surface area (Å²) in [5.41, 5.74) is 1.66. The van der Waals surface area contributed by atoms with Crippen LogP contribution >= 0.6 is 11.8 Å². The SMILES string of the molecule is CCOC(=O)c1ccccc1NC(=O)CSc1n[nH]c(-c2ccccc2)n1. The highest BCUT2D eigenvalue weighted by Crippen LogP contribution is 2.20. The molecule has 0 saturated carbocycles. The first-order valence-corrected chi connectivity index (χ1v) is 9.32. The Balaban J connectivity index is 1.60. The lowest BCUT2D eigenvalue weighted by Gasteiger charge is -2.09. The van der Waals surface area contributed by atoms with E-state index in [1.54, 1.807) is 31.2 Å². The van der Waals surface area contributed by atoms with Crippen LogP contribution in [0.1, 0.15) is 17.3 Å². The quantitative estimate of drug-likeness (QED) is 0.480. The lowest BCUT2D eigenvalue weighted by molar-refractivity contribution is -0.113. The molecule has 0 saturated heterocycles. The molecule has 2 aromatic carbocycles. The Kier molecular flexibility index (Phi) is 6.22. The largest absolute Gasteiger partial charge is 0.462 e. The fourth-order valence-electron chi connectivity index (χ4n) is 2.33. The molecule has 0 fully saturated rings. The summed E-state index contributed by atoms with van der Waals surface area (Å²) >= 11 is 1.21. The number of amides is 1. The molecule has 1 heterocycles. The summed E-state index contributed by atoms with van der Waals surface area (Å²) in [4.78, 5) is 28.6. The van der Waals surface area contributed by atoms with E-state index in [0.717, 1.165) is 5.56 Å². The molecule has 27 heavy (non-hydrogen) atoms. The first kappa shape index (κ1) is 18.7. The Morgan fingerprint density at radius 1 is 1.11 bits per heavy atom. The number of hydrogen-bond acceptors (Lipinski definition) is 6. The number of esters is 1. The number of ether oxygens (including phenoxy) is 1. The minimum Gasteiger partial charge on any atom is -0.462 e. The number of carbonyl (C=O) groups is 2. The molecular formula is C19H18N4O3S. The zero-order chi connectivity index (χ0) is 19.1. The van der Waals surface area contributed by atoms with E-state index in [-0.39, 0.29) is 18.3 Å². The lowest BCUT2D eigenvalue weighted by atomic mass is 10.2. The van der Waals surface area contributed by atoms with Gasteiger partial charge in [-0.3, -0.25) is 9.89 Å². The first-order chi connectivity index (χ1) is 13.2. The zero-order valence-corrected chi connectivity index (χ0v) is 15.5. The highest BCUT2D eigenvalue weighted by atomic mass is 32.2. The Morgan fingerprint density at radius 2 is 1.85 bits per heavy atom. The molecule has 2 N–H and O–H groups in total. The fraction of sp³-hybridized carbons (Fsp3) is 0.158. The number of thioether (sulfide) groups is 1. The number of anilines is 1. The lowest BCUT2D eigenvalue weighted by Crippen LogP contribution is -2.17. The zero-order valence-electron chi connectivity index (χ0n) is 14.6. The van der Waals surface area contributed by atoms with Crippen LogP contribution in [0, 0.1) is 0 Å². The van der Waals surface area contributed by atoms with E-state index < -0.39 is 5.97 Å². The fourth-order valence-corrected chi connectivity index (χ4v) is 2.93. The van der Waals surface area contributed by atoms with Crippen molar-refractivity contribution in [3.63, 3.8) is 0 Å². The van der Waals surface area contributed by atoms with Crippen LogP contribution < -0.4 is 5.32 Å². The number of carbonyl (C=O) groups excluding carboxylic acids is 2. The Morgan fingerprint density at radius 3 is 2.63 bits per heavy atom. The highest BCUT2D eigenvalue weighted by molar-refractivity contribution is 7.99. The number of benzene rings is 2. The van der Waals surface area contributed by atoms with E-state index in [1.807, 2.05) is 30.3 Å². The normalized spacial score (nSPS) is 10.4. The van der Waals surface area contributed by atoms with Gasteiger partial charge in [-0.15, -0.1) is 5.10 Å². The molecule has 3 aromatic rings. The predicted octanol–water partition coefficient (Wildman–Crippen LogP) is 3.38. The van der Waals surface area contributed by atoms with E-state index in [0.29, 0.717) is 22.2 Å². The number of aromatic nitrogens is 3. The molecule has 0 bridgehead atoms. The van der Waals surface area contributed by atoms with Crippen LogP contribution in [0.3, 0.4) is 0 Å². The van der Waals surface area contributed by atoms with Crippen molar-refractivity contribution in [3.05, 3.63) is 60.2 Å². The molecule has 0 spiro atoms. The van der Waals surface area contributed by atoms with Crippen molar-refractivity contribution >= 4 is 29.3 Å². The minimum absolute atomic E-state index is 0.114. The Bertz CT molecular complexity index is 927. The molecule has 0 aliphatic rings. The number of nitrogens with one attached hydrogen (secondary N) is 2. The summed E-state index contributed by atoms with van der Waals surface area (Å²) in [5.74, 6) is 0.0278. The van der Waals surface area contributed by atoms with Crippen LogP contribution in [0.5, 0.6) is 0 Å². The van der Waals surface area contributed by atoms with Crippen molar-refractivity contribution in [1.82, 2.24) is 15.2 Å². The van der Waals surface area contributed by atoms with Gasteiger partial charge in [0.15, 0.2) is 5.82 Å². The molecule has 0 unspecified atom stereocenters. The van der Waals surface area contributed by atoms with Gasteiger partial charge in [-0.2, -0.15) is 0 Å². The maximum Gasteiger partial charge on any atom is 0.340 e. The summed E-state index contributed by atoms with van der Waals surface area (Å²) in [7, 11) is 0. The minimum atomic E-state index is -0.470. The van der Waals surface area contributed by atoms with Crippen molar-refractivity contribution in [2.24, 2.45) is 0 Å². The van der Waals surface area contributed by atoms with Gasteiger partial charge in [-0.1, -0.05) is 54.2 Å². The second-order valence-corrected chi connectivity index (χ2v) is 6.38. The van der Waals surface area contributed by atoms with Crippen LogP contribution in [0.15, 0.2) is 59.8 Å². The van der Waals surface area contributed by atoms with E-state index >= 15 is 0 Å². The van der Waals surface area contributed by atoms with Crippen LogP contribution in [0.4, 0.5) is 5.69 Å². The third-order valence-electron chi connectivity index (χ3n) is 3.54. The average molecular weight is 382 g/mol. The number of nitrogens with zero attached hydrogens (tertiary/aromatic N) is 2. The smallest absolute Gasteiger partial charge is 0.340 e. The van der Waals surface area contributed by atoms with Gasteiger partial charge in [0.25, 0.3) is 0 Å². The Labute approximate surface area is 160 Å². The average Bonchev–Trinajstić information content (AvgIpc) is 3.17. The van der Waals surface area contributed by atoms with Gasteiger partial charge in [0, 0.05) is 5.56 Å². The molecule has 0 aliphatic carbocycles. The third-order valence-corrected chi connectivity index (χ3v) is 4.39. The molecule has 1 aromatic heterocycles. The van der Waals surface area contributed by atoms with Gasteiger partial charge in [-0.25, -0.2) is 9.78 Å². The molecule has 8 heteroatoms. The van der Waals surface area contributed by atoms with Crippen molar-refractivity contribution in [2.75, 3.05) is 17.7 Å². The van der Waals surface area contributed by atoms with E-state index in [2.05, 4.69) is 20.5 Å². The molecule has 7 nitrogen and oxygen atoms in total. The van der Waals surface area contributed by atoms with Gasteiger partial charge in [0.05, 0.1) is 23.6 Å². The second kappa shape index (κ2) is 9.00. The van der Waals surface area contributed by atoms with E-state index in [4.69, 9.17) is 4.74 Å². The molecule has 1 amide bonds. The van der Waals surface area contributed by atoms with Crippen LogP contribution in [0.25, 0.3) is 11.4 Å². The van der Waals surface area contributed by atoms with E-state index in [1.165, 1.54) is 11.8 Å². The number of hydrogen-bond donors (Lipinski definition) is 2. The van der Waals surface area contributed by atoms with Gasteiger partial charge in [0.2, 0.25) is 11.1 Å². The second-order valence-electron chi connectivity index (χ2n) is 5.44. The maximum atomic E-state index is 12.2. The van der Waals surface area contributed by atoms with Crippen LogP contribution in [-0.4, -0.2) is 39.4 Å². The third kappa shape index (κ3) is 4.95. The summed E-state index contributed by atoms with van der Waals surface area (Å²) in [5, 5.41) is 10.2. The molecule has 0 atom stereocenters. The molecular weight excluding hydrogens is 364 g/mol. The molecule has 138 valence electrons. The predicted molar refractivity (Wildman–Crippen MR) is 104 cm³/mol. The first-order valence-electron chi connectivity index (χ1n) is 8.34. The van der Waals surface area contributed by atoms with Crippen molar-refractivity contribution in [2.45, 2.75) is 12.1 Å². The number of rotatable bonds is 7. The summed E-state index contributed by atoms with van der Waals surface area (Å²) < 4.78 is 5.00. The van der Waals surface area contributed by atoms with Crippen LogP contribution in [0.2, 0.25) is 0 Å². The summed E-state index contributed by atoms with van der Waals surface area (Å²) in [6.07, 6.45) is 0. The van der Waals surface area contributed by atoms with Crippen molar-refractivity contribution in [3.8, 4) is 11.4 Å². The Hall–Kier alpha value is -3.13. The van der Waals surface area contributed by atoms with Gasteiger partial charge in [-0.05, 0) is 19.1 Å². The standard InChI is InChI=1S/C19H18N4O3S/c1-2-26-18(25)14-10-6-7-11-15(14)20-16(24)12-27-19-21-17(22-23-19)13-8-4-3-5-9-13/h3-11H,2,12H2,1H3,(H,20,24)(H,21,22,23). The monoisotopic (exact) mass is 382 g/mol. The van der Waals surface area contributed by atoms with E-state index in [9.17, 15) is 9.59 Å². The maximum absolute atomic E-state index is 12.2. The topological polar surface area (TPSA) is 97.0 Å². The van der Waals surface area contributed by atoms with Gasteiger partial charge >= 0.3 is 5.97 Å². The summed E-state index contributed by atoms with van der Waals surface area (Å²) in [6.45, 7) is 2.00. The number of H-pyrrole nitrogens is 1. The highest BCUT2D eigenvalue weighted by Gasteiger charge is 2.15. The van der Waals surface area contributed by atoms with Crippen molar-refractivity contribution in [1.29, 1.82) is 0 Å². The van der Waals surface area contributed by atoms with Crippen molar-refractivity contribution < 1.29 is 14.3 Å². The molecule has 0 aliphatic heterocycles. The van der Waals surface area contributed by atoms with Gasteiger partial charge < -0.3 is 10.1 Å². The molecule has 3 rings (SSSR count). The van der Waals surface area contributed by atoms with Gasteiger partial charge in [0.1, 0.15) is 0 Å². The van der Waals surface area contributed by atoms with Crippen LogP contribution in [-0.2, 0) is 9.53 Å². The number of para-hydroxylation sites is 1.